The molecule has 438 valence electrons. The van der Waals surface area contributed by atoms with Gasteiger partial charge in [-0.05, 0) is 221 Å². The number of ether oxygens (including phenoxy) is 6. The molecule has 2 aliphatic carbocycles. The van der Waals surface area contributed by atoms with E-state index in [0.717, 1.165) is 149 Å². The molecule has 82 heavy (non-hydrogen) atoms. The van der Waals surface area contributed by atoms with Crippen LogP contribution in [0.4, 0.5) is 0 Å². The Balaban J connectivity index is 0.765. The summed E-state index contributed by atoms with van der Waals surface area (Å²) in [6.45, 7) is 13.1. The minimum atomic E-state index is -0.405. The first kappa shape index (κ1) is 62.7. The van der Waals surface area contributed by atoms with Crippen LogP contribution in [0.2, 0.25) is 0 Å². The highest BCUT2D eigenvalue weighted by molar-refractivity contribution is 5.81. The van der Waals surface area contributed by atoms with Gasteiger partial charge >= 0.3 is 23.9 Å². The Morgan fingerprint density at radius 3 is 1.10 bits per heavy atom. The molecule has 0 amide bonds. The van der Waals surface area contributed by atoms with E-state index in [1.807, 2.05) is 62.4 Å². The summed E-state index contributed by atoms with van der Waals surface area (Å²) in [4.78, 5) is 49.2. The van der Waals surface area contributed by atoms with Gasteiger partial charge in [-0.1, -0.05) is 124 Å². The predicted molar refractivity (Wildman–Crippen MR) is 327 cm³/mol. The number of carbonyl (C=O) groups is 4. The van der Waals surface area contributed by atoms with Gasteiger partial charge in [-0.15, -0.1) is 0 Å². The summed E-state index contributed by atoms with van der Waals surface area (Å²) in [5.74, 6) is 2.73. The first-order valence-electron chi connectivity index (χ1n) is 30.8. The third kappa shape index (κ3) is 20.5. The van der Waals surface area contributed by atoms with Gasteiger partial charge in [0.1, 0.15) is 23.7 Å². The summed E-state index contributed by atoms with van der Waals surface area (Å²) in [5.41, 5.74) is 9.32. The Hall–Kier alpha value is -6.94. The normalized spacial score (nSPS) is 17.6. The van der Waals surface area contributed by atoms with E-state index in [4.69, 9.17) is 28.4 Å². The maximum absolute atomic E-state index is 13.5. The summed E-state index contributed by atoms with van der Waals surface area (Å²) >= 11 is 0. The second kappa shape index (κ2) is 34.5. The molecular weight excluding hydrogens is 1020 g/mol. The highest BCUT2D eigenvalue weighted by Gasteiger charge is 2.28. The minimum absolute atomic E-state index is 0.163. The average molecular weight is 1120 g/mol. The average Bonchev–Trinajstić information content (AvgIpc) is 3.54. The molecule has 7 rings (SSSR count). The van der Waals surface area contributed by atoms with Crippen LogP contribution in [0.5, 0.6) is 11.5 Å². The molecule has 2 atom stereocenters. The van der Waals surface area contributed by atoms with Crippen LogP contribution in [-0.2, 0) is 38.1 Å². The molecule has 0 aromatic heterocycles. The maximum atomic E-state index is 13.5. The lowest BCUT2D eigenvalue weighted by Gasteiger charge is -2.29. The van der Waals surface area contributed by atoms with Crippen molar-refractivity contribution in [1.29, 1.82) is 0 Å². The monoisotopic (exact) mass is 1110 g/mol. The summed E-state index contributed by atoms with van der Waals surface area (Å²) in [6, 6.07) is 42.7. The molecule has 10 heteroatoms. The van der Waals surface area contributed by atoms with E-state index in [0.29, 0.717) is 75.8 Å². The van der Waals surface area contributed by atoms with Crippen molar-refractivity contribution in [2.75, 3.05) is 26.4 Å². The van der Waals surface area contributed by atoms with Crippen LogP contribution in [0.1, 0.15) is 201 Å². The highest BCUT2D eigenvalue weighted by Crippen LogP contribution is 2.41. The van der Waals surface area contributed by atoms with Gasteiger partial charge in [0, 0.05) is 25.0 Å². The van der Waals surface area contributed by atoms with Crippen LogP contribution in [0.3, 0.4) is 0 Å². The van der Waals surface area contributed by atoms with Gasteiger partial charge < -0.3 is 28.4 Å². The van der Waals surface area contributed by atoms with Crippen LogP contribution in [0.25, 0.3) is 22.3 Å². The topological polar surface area (TPSA) is 124 Å². The van der Waals surface area contributed by atoms with E-state index in [2.05, 4.69) is 86.0 Å². The lowest BCUT2D eigenvalue weighted by atomic mass is 9.77. The molecule has 0 heterocycles. The molecule has 2 saturated carbocycles. The first-order valence-corrected chi connectivity index (χ1v) is 30.8. The van der Waals surface area contributed by atoms with Gasteiger partial charge in [-0.3, -0.25) is 9.59 Å². The van der Waals surface area contributed by atoms with Crippen molar-refractivity contribution in [3.8, 4) is 33.8 Å². The zero-order chi connectivity index (χ0) is 57.7. The highest BCUT2D eigenvalue weighted by atomic mass is 16.6. The van der Waals surface area contributed by atoms with Gasteiger partial charge in [-0.2, -0.15) is 0 Å². The third-order valence-electron chi connectivity index (χ3n) is 16.8. The molecule has 5 aromatic carbocycles. The molecule has 0 saturated heterocycles. The predicted octanol–water partition coefficient (Wildman–Crippen LogP) is 17.9. The van der Waals surface area contributed by atoms with E-state index >= 15 is 0 Å². The number of esters is 4. The van der Waals surface area contributed by atoms with Gasteiger partial charge in [0.2, 0.25) is 0 Å². The number of carbonyl (C=O) groups excluding carboxylic acids is 4. The molecule has 0 spiro atoms. The van der Waals surface area contributed by atoms with Gasteiger partial charge in [0.05, 0.1) is 26.4 Å². The molecule has 2 aliphatic rings. The van der Waals surface area contributed by atoms with Crippen molar-refractivity contribution in [1.82, 2.24) is 0 Å². The van der Waals surface area contributed by atoms with Gasteiger partial charge in [0.15, 0.2) is 0 Å². The number of hydrogen-bond donors (Lipinski definition) is 0. The number of rotatable bonds is 34. The van der Waals surface area contributed by atoms with Crippen molar-refractivity contribution in [2.24, 2.45) is 11.8 Å². The third-order valence-corrected chi connectivity index (χ3v) is 16.8. The van der Waals surface area contributed by atoms with E-state index in [1.54, 1.807) is 0 Å². The Labute approximate surface area is 489 Å². The molecular formula is C72H90O10. The summed E-state index contributed by atoms with van der Waals surface area (Å²) in [5, 5.41) is 0. The number of unbranched alkanes of at least 4 members (excludes halogenated alkanes) is 6. The Bertz CT molecular complexity index is 2520. The summed E-state index contributed by atoms with van der Waals surface area (Å²) < 4.78 is 34.4. The molecule has 2 unspecified atom stereocenters. The van der Waals surface area contributed by atoms with E-state index in [-0.39, 0.29) is 23.9 Å². The molecule has 0 radical (unpaired) electrons. The quantitative estimate of drug-likeness (QED) is 0.0170. The van der Waals surface area contributed by atoms with Gasteiger partial charge in [0.25, 0.3) is 0 Å². The SMILES string of the molecule is C=CC(=O)OCCCCCCOc1ccc(-c2ccc(C3CCC(CCC(=O)OC(CC)c4ccccc4C(CC)OC(=O)CCC4CCC(c5ccc(-c6ccc(OCCCCCCOC(=O)C=C)cc6)cc5)CC4)CC3)cc2)cc1. The zero-order valence-electron chi connectivity index (χ0n) is 49.0. The molecule has 10 nitrogen and oxygen atoms in total. The van der Waals surface area contributed by atoms with Crippen molar-refractivity contribution in [3.63, 3.8) is 0 Å². The van der Waals surface area contributed by atoms with E-state index in [9.17, 15) is 19.2 Å². The zero-order valence-corrected chi connectivity index (χ0v) is 49.0. The first-order chi connectivity index (χ1) is 40.1. The smallest absolute Gasteiger partial charge is 0.330 e. The van der Waals surface area contributed by atoms with E-state index < -0.39 is 12.2 Å². The van der Waals surface area contributed by atoms with Crippen molar-refractivity contribution >= 4 is 23.9 Å². The van der Waals surface area contributed by atoms with Crippen LogP contribution in [0, 0.1) is 11.8 Å². The standard InChI is InChI=1S/C72H90O10/c1-5-67(81-71(75)47-25-53-21-27-55(28-22-53)57-31-35-59(36-32-57)61-39-43-63(44-40-61)77-49-15-9-11-17-51-79-69(73)7-3)65-19-13-14-20-66(65)68(6-2)82-72(76)48-26-54-23-29-56(30-24-54)58-33-37-60(38-34-58)62-41-45-64(46-42-62)78-50-16-10-12-18-52-80-70(74)8-4/h7-8,13-14,19-20,31-46,53-56,67-68H,3-6,9-12,15-18,21-30,47-52H2,1-2H3. The molecule has 0 bridgehead atoms. The Kier molecular flexibility index (Phi) is 26.4. The summed E-state index contributed by atoms with van der Waals surface area (Å²) in [7, 11) is 0. The fourth-order valence-electron chi connectivity index (χ4n) is 11.8. The van der Waals surface area contributed by atoms with Crippen LogP contribution >= 0.6 is 0 Å². The lowest BCUT2D eigenvalue weighted by molar-refractivity contribution is -0.152. The Morgan fingerprint density at radius 1 is 0.439 bits per heavy atom. The van der Waals surface area contributed by atoms with Crippen molar-refractivity contribution in [3.05, 3.63) is 169 Å². The fourth-order valence-corrected chi connectivity index (χ4v) is 11.8. The minimum Gasteiger partial charge on any atom is -0.494 e. The largest absolute Gasteiger partial charge is 0.494 e. The number of hydrogen-bond acceptors (Lipinski definition) is 10. The summed E-state index contributed by atoms with van der Waals surface area (Å²) in [6.07, 6.45) is 21.8. The fraction of sp³-hybridized carbons (Fsp3) is 0.472. The van der Waals surface area contributed by atoms with Crippen molar-refractivity contribution in [2.45, 2.75) is 179 Å². The maximum Gasteiger partial charge on any atom is 0.330 e. The Morgan fingerprint density at radius 2 is 0.768 bits per heavy atom. The van der Waals surface area contributed by atoms with Crippen LogP contribution in [0.15, 0.2) is 147 Å². The van der Waals surface area contributed by atoms with Gasteiger partial charge in [-0.25, -0.2) is 9.59 Å². The molecule has 2 fully saturated rings. The molecule has 0 aliphatic heterocycles. The molecule has 0 N–H and O–H groups in total. The van der Waals surface area contributed by atoms with E-state index in [1.165, 1.54) is 34.4 Å². The second-order valence-corrected chi connectivity index (χ2v) is 22.5. The lowest BCUT2D eigenvalue weighted by Crippen LogP contribution is -2.19. The van der Waals surface area contributed by atoms with Crippen LogP contribution < -0.4 is 9.47 Å². The molecule has 5 aromatic rings. The second-order valence-electron chi connectivity index (χ2n) is 22.5. The van der Waals surface area contributed by atoms with Crippen molar-refractivity contribution < 1.29 is 47.6 Å². The van der Waals surface area contributed by atoms with Crippen LogP contribution in [-0.4, -0.2) is 50.3 Å². The number of benzene rings is 5.